The Kier molecular flexibility index (Phi) is 5.83. The van der Waals surface area contributed by atoms with Gasteiger partial charge in [0.1, 0.15) is 5.25 Å². The molecule has 0 aromatic heterocycles. The van der Waals surface area contributed by atoms with Gasteiger partial charge in [-0.1, -0.05) is 22.0 Å². The number of hydrogen-bond acceptors (Lipinski definition) is 6. The fourth-order valence-corrected chi connectivity index (χ4v) is 5.13. The zero-order valence-corrected chi connectivity index (χ0v) is 18.9. The van der Waals surface area contributed by atoms with E-state index in [-0.39, 0.29) is 18.0 Å². The van der Waals surface area contributed by atoms with Crippen LogP contribution in [0, 0.1) is 0 Å². The predicted octanol–water partition coefficient (Wildman–Crippen LogP) is 4.18. The van der Waals surface area contributed by atoms with Crippen LogP contribution in [0.4, 0.5) is 0 Å². The van der Waals surface area contributed by atoms with Crippen molar-refractivity contribution in [3.63, 3.8) is 0 Å². The first-order valence-electron chi connectivity index (χ1n) is 9.20. The molecule has 154 valence electrons. The number of fused-ring (bicyclic) bond motifs is 3. The Bertz CT molecular complexity index is 951. The van der Waals surface area contributed by atoms with Crippen molar-refractivity contribution in [2.75, 3.05) is 33.8 Å². The van der Waals surface area contributed by atoms with Crippen molar-refractivity contribution in [3.8, 4) is 23.0 Å². The van der Waals surface area contributed by atoms with Crippen LogP contribution in [0.25, 0.3) is 0 Å². The molecule has 0 radical (unpaired) electrons. The number of carbonyl (C=O) groups excluding carboxylic acids is 1. The number of methoxy groups -OCH3 is 2. The molecular formula is C21H22BrNO5S. The molecule has 1 unspecified atom stereocenters. The first-order valence-corrected chi connectivity index (χ1v) is 11.3. The van der Waals surface area contributed by atoms with Crippen LogP contribution in [0.15, 0.2) is 28.7 Å². The number of amides is 1. The van der Waals surface area contributed by atoms with Crippen LogP contribution in [0.1, 0.15) is 21.9 Å². The molecule has 1 atom stereocenters. The van der Waals surface area contributed by atoms with Gasteiger partial charge in [0.25, 0.3) is 0 Å². The lowest BCUT2D eigenvalue weighted by Crippen LogP contribution is -2.39. The molecule has 8 heteroatoms. The summed E-state index contributed by atoms with van der Waals surface area (Å²) >= 11 is 5.15. The molecule has 0 N–H and O–H groups in total. The Morgan fingerprint density at radius 2 is 1.97 bits per heavy atom. The highest BCUT2D eigenvalue weighted by molar-refractivity contribution is 9.10. The maximum absolute atomic E-state index is 13.1. The number of nitrogens with zero attached hydrogens (tertiary/aromatic N) is 1. The van der Waals surface area contributed by atoms with Gasteiger partial charge < -0.3 is 23.8 Å². The Balaban J connectivity index is 1.59. The zero-order chi connectivity index (χ0) is 20.5. The molecule has 0 spiro atoms. The lowest BCUT2D eigenvalue weighted by Gasteiger charge is -2.34. The smallest absolute Gasteiger partial charge is 0.240 e. The molecule has 1 amide bonds. The topological polar surface area (TPSA) is 57.2 Å². The highest BCUT2D eigenvalue weighted by atomic mass is 79.9. The minimum atomic E-state index is -0.234. The summed E-state index contributed by atoms with van der Waals surface area (Å²) in [6, 6.07) is 7.73. The van der Waals surface area contributed by atoms with Gasteiger partial charge in [-0.05, 0) is 42.0 Å². The largest absolute Gasteiger partial charge is 0.493 e. The SMILES string of the molecule is COc1cc(Br)c(CCN2Cc3c(ccc4c3OCO4)C(SC)C2=O)cc1OC. The normalized spacial score (nSPS) is 17.3. The molecule has 2 aromatic rings. The Hall–Kier alpha value is -2.06. The molecular weight excluding hydrogens is 458 g/mol. The lowest BCUT2D eigenvalue weighted by atomic mass is 9.96. The van der Waals surface area contributed by atoms with Crippen LogP contribution in [0.5, 0.6) is 23.0 Å². The number of benzene rings is 2. The summed E-state index contributed by atoms with van der Waals surface area (Å²) in [5.41, 5.74) is 3.13. The minimum Gasteiger partial charge on any atom is -0.493 e. The van der Waals surface area contributed by atoms with Crippen molar-refractivity contribution >= 4 is 33.6 Å². The number of rotatable bonds is 6. The van der Waals surface area contributed by atoms with Crippen molar-refractivity contribution in [2.24, 2.45) is 0 Å². The van der Waals surface area contributed by atoms with E-state index in [1.165, 1.54) is 0 Å². The van der Waals surface area contributed by atoms with E-state index in [9.17, 15) is 4.79 Å². The summed E-state index contributed by atoms with van der Waals surface area (Å²) in [5, 5.41) is -0.234. The molecule has 29 heavy (non-hydrogen) atoms. The van der Waals surface area contributed by atoms with E-state index in [0.717, 1.165) is 32.7 Å². The van der Waals surface area contributed by atoms with E-state index >= 15 is 0 Å². The maximum atomic E-state index is 13.1. The third kappa shape index (κ3) is 3.64. The highest BCUT2D eigenvalue weighted by Gasteiger charge is 2.36. The fraction of sp³-hybridized carbons (Fsp3) is 0.381. The van der Waals surface area contributed by atoms with Crippen LogP contribution in [0.2, 0.25) is 0 Å². The number of carbonyl (C=O) groups is 1. The highest BCUT2D eigenvalue weighted by Crippen LogP contribution is 2.46. The summed E-state index contributed by atoms with van der Waals surface area (Å²) in [4.78, 5) is 15.0. The van der Waals surface area contributed by atoms with Crippen molar-refractivity contribution in [1.82, 2.24) is 4.90 Å². The molecule has 6 nitrogen and oxygen atoms in total. The van der Waals surface area contributed by atoms with Gasteiger partial charge in [0.15, 0.2) is 23.0 Å². The molecule has 0 bridgehead atoms. The molecule has 2 aliphatic rings. The van der Waals surface area contributed by atoms with Gasteiger partial charge in [0, 0.05) is 23.1 Å². The standard InChI is InChI=1S/C21H22BrNO5S/c1-25-17-8-12(15(22)9-18(17)26-2)6-7-23-10-14-13(20(29-3)21(23)24)4-5-16-19(14)28-11-27-16/h4-5,8-9,20H,6-7,10-11H2,1-3H3. The Morgan fingerprint density at radius 3 is 2.69 bits per heavy atom. The van der Waals surface area contributed by atoms with Crippen molar-refractivity contribution < 1.29 is 23.7 Å². The molecule has 2 aromatic carbocycles. The minimum absolute atomic E-state index is 0.125. The second-order valence-corrected chi connectivity index (χ2v) is 8.59. The van der Waals surface area contributed by atoms with Crippen molar-refractivity contribution in [1.29, 1.82) is 0 Å². The van der Waals surface area contributed by atoms with Gasteiger partial charge in [-0.25, -0.2) is 0 Å². The first-order chi connectivity index (χ1) is 14.1. The molecule has 0 saturated carbocycles. The van der Waals surface area contributed by atoms with Gasteiger partial charge in [0.2, 0.25) is 12.7 Å². The zero-order valence-electron chi connectivity index (χ0n) is 16.5. The second-order valence-electron chi connectivity index (χ2n) is 6.79. The maximum Gasteiger partial charge on any atom is 0.240 e. The summed E-state index contributed by atoms with van der Waals surface area (Å²) in [7, 11) is 3.23. The first kappa shape index (κ1) is 20.2. The average Bonchev–Trinajstić information content (AvgIpc) is 3.22. The second kappa shape index (κ2) is 8.36. The van der Waals surface area contributed by atoms with Crippen LogP contribution in [-0.2, 0) is 17.8 Å². The predicted molar refractivity (Wildman–Crippen MR) is 115 cm³/mol. The number of hydrogen-bond donors (Lipinski definition) is 0. The summed E-state index contributed by atoms with van der Waals surface area (Å²) in [5.74, 6) is 2.99. The van der Waals surface area contributed by atoms with E-state index < -0.39 is 0 Å². The number of halogens is 1. The molecule has 2 heterocycles. The van der Waals surface area contributed by atoms with Crippen LogP contribution in [-0.4, -0.2) is 44.6 Å². The third-order valence-corrected chi connectivity index (χ3v) is 6.95. The average molecular weight is 480 g/mol. The molecule has 4 rings (SSSR count). The molecule has 0 aliphatic carbocycles. The van der Waals surface area contributed by atoms with E-state index in [2.05, 4.69) is 15.9 Å². The Labute approximate surface area is 182 Å². The molecule has 0 fully saturated rings. The third-order valence-electron chi connectivity index (χ3n) is 5.29. The monoisotopic (exact) mass is 479 g/mol. The van der Waals surface area contributed by atoms with Crippen LogP contribution in [0.3, 0.4) is 0 Å². The van der Waals surface area contributed by atoms with Crippen LogP contribution < -0.4 is 18.9 Å². The van der Waals surface area contributed by atoms with Gasteiger partial charge in [-0.15, -0.1) is 11.8 Å². The summed E-state index contributed by atoms with van der Waals surface area (Å²) < 4.78 is 22.9. The lowest BCUT2D eigenvalue weighted by molar-refractivity contribution is -0.132. The van der Waals surface area contributed by atoms with Gasteiger partial charge in [-0.2, -0.15) is 0 Å². The molecule has 2 aliphatic heterocycles. The van der Waals surface area contributed by atoms with Crippen LogP contribution >= 0.6 is 27.7 Å². The van der Waals surface area contributed by atoms with Crippen molar-refractivity contribution in [2.45, 2.75) is 18.2 Å². The van der Waals surface area contributed by atoms with E-state index in [1.54, 1.807) is 26.0 Å². The van der Waals surface area contributed by atoms with E-state index in [0.29, 0.717) is 31.0 Å². The van der Waals surface area contributed by atoms with E-state index in [1.807, 2.05) is 35.4 Å². The number of ether oxygens (including phenoxy) is 4. The summed E-state index contributed by atoms with van der Waals surface area (Å²) in [6.07, 6.45) is 2.65. The Morgan fingerprint density at radius 1 is 1.21 bits per heavy atom. The fourth-order valence-electron chi connectivity index (χ4n) is 3.78. The van der Waals surface area contributed by atoms with E-state index in [4.69, 9.17) is 18.9 Å². The summed E-state index contributed by atoms with van der Waals surface area (Å²) in [6.45, 7) is 1.33. The van der Waals surface area contributed by atoms with Gasteiger partial charge in [-0.3, -0.25) is 4.79 Å². The quantitative estimate of drug-likeness (QED) is 0.619. The number of thioether (sulfide) groups is 1. The van der Waals surface area contributed by atoms with Gasteiger partial charge in [0.05, 0.1) is 14.2 Å². The van der Waals surface area contributed by atoms with Crippen molar-refractivity contribution in [3.05, 3.63) is 45.4 Å². The molecule has 0 saturated heterocycles. The van der Waals surface area contributed by atoms with Gasteiger partial charge >= 0.3 is 0 Å².